The molecule has 0 saturated heterocycles. The van der Waals surface area contributed by atoms with Gasteiger partial charge in [-0.25, -0.2) is 0 Å². The fraction of sp³-hybridized carbons (Fsp3) is 0.389. The fourth-order valence-electron chi connectivity index (χ4n) is 3.17. The van der Waals surface area contributed by atoms with Crippen molar-refractivity contribution in [2.24, 2.45) is 0 Å². The van der Waals surface area contributed by atoms with Crippen LogP contribution in [0.2, 0.25) is 5.02 Å². The van der Waals surface area contributed by atoms with Crippen LogP contribution in [0, 0.1) is 0 Å². The fourth-order valence-corrected chi connectivity index (χ4v) is 3.72. The van der Waals surface area contributed by atoms with Crippen LogP contribution >= 0.6 is 23.8 Å². The summed E-state index contributed by atoms with van der Waals surface area (Å²) in [7, 11) is 0. The topological polar surface area (TPSA) is 28.4 Å². The van der Waals surface area contributed by atoms with E-state index in [1.54, 1.807) is 12.3 Å². The zero-order valence-corrected chi connectivity index (χ0v) is 15.4. The molecule has 0 atom stereocenters. The van der Waals surface area contributed by atoms with Crippen LogP contribution in [0.25, 0.3) is 0 Å². The van der Waals surface area contributed by atoms with Gasteiger partial charge in [0, 0.05) is 11.7 Å². The number of nitrogens with zero attached hydrogens (tertiary/aromatic N) is 1. The van der Waals surface area contributed by atoms with Crippen molar-refractivity contribution in [3.05, 3.63) is 52.9 Å². The molecule has 3 nitrogen and oxygen atoms in total. The first-order valence-corrected chi connectivity index (χ1v) is 9.10. The van der Waals surface area contributed by atoms with Crippen molar-refractivity contribution in [2.75, 3.05) is 5.32 Å². The Morgan fingerprint density at radius 3 is 2.62 bits per heavy atom. The molecule has 0 radical (unpaired) electrons. The summed E-state index contributed by atoms with van der Waals surface area (Å²) in [6, 6.07) is 7.59. The third kappa shape index (κ3) is 4.51. The third-order valence-corrected chi connectivity index (χ3v) is 5.12. The molecule has 0 aliphatic heterocycles. The largest absolute Gasteiger partial charge is 0.467 e. The van der Waals surface area contributed by atoms with Crippen LogP contribution < -0.4 is 5.32 Å². The summed E-state index contributed by atoms with van der Waals surface area (Å²) in [6.45, 7) is 0.475. The van der Waals surface area contributed by atoms with Gasteiger partial charge in [0.05, 0.1) is 23.4 Å². The molecule has 0 unspecified atom stereocenters. The molecule has 1 aromatic carbocycles. The van der Waals surface area contributed by atoms with Gasteiger partial charge in [0.1, 0.15) is 5.76 Å². The van der Waals surface area contributed by atoms with Crippen molar-refractivity contribution in [3.8, 4) is 0 Å². The molecule has 3 rings (SSSR count). The van der Waals surface area contributed by atoms with E-state index in [0.29, 0.717) is 11.7 Å². The second-order valence-electron chi connectivity index (χ2n) is 6.27. The number of rotatable bonds is 4. The standard InChI is InChI=1S/C18H18ClF3N2OS/c19-16-8-7-12(10-15(16)18(20,21)22)23-17(26)24(13-4-1-2-5-13)11-14-6-3-9-25-14/h3,6-10,13H,1-2,4-5,11H2,(H,23,26). The molecule has 1 saturated carbocycles. The molecule has 0 amide bonds. The van der Waals surface area contributed by atoms with E-state index in [-0.39, 0.29) is 16.8 Å². The van der Waals surface area contributed by atoms with Crippen LogP contribution in [0.4, 0.5) is 18.9 Å². The first-order chi connectivity index (χ1) is 12.3. The maximum atomic E-state index is 13.1. The van der Waals surface area contributed by atoms with Crippen molar-refractivity contribution >= 4 is 34.6 Å². The van der Waals surface area contributed by atoms with Crippen LogP contribution in [-0.2, 0) is 12.7 Å². The maximum absolute atomic E-state index is 13.1. The highest BCUT2D eigenvalue weighted by atomic mass is 35.5. The summed E-state index contributed by atoms with van der Waals surface area (Å²) in [4.78, 5) is 1.99. The molecule has 26 heavy (non-hydrogen) atoms. The van der Waals surface area contributed by atoms with Gasteiger partial charge in [-0.05, 0) is 55.4 Å². The normalized spacial score (nSPS) is 15.2. The Labute approximate surface area is 160 Å². The smallest absolute Gasteiger partial charge is 0.417 e. The van der Waals surface area contributed by atoms with E-state index in [1.165, 1.54) is 12.1 Å². The molecular formula is C18H18ClF3N2OS. The molecule has 1 aliphatic rings. The Morgan fingerprint density at radius 2 is 2.00 bits per heavy atom. The average molecular weight is 403 g/mol. The van der Waals surface area contributed by atoms with Gasteiger partial charge in [-0.15, -0.1) is 0 Å². The molecular weight excluding hydrogens is 385 g/mol. The number of hydrogen-bond acceptors (Lipinski definition) is 2. The van der Waals surface area contributed by atoms with Crippen molar-refractivity contribution in [3.63, 3.8) is 0 Å². The molecule has 140 valence electrons. The minimum Gasteiger partial charge on any atom is -0.467 e. The highest BCUT2D eigenvalue weighted by Gasteiger charge is 2.33. The molecule has 1 N–H and O–H groups in total. The van der Waals surface area contributed by atoms with Gasteiger partial charge in [-0.1, -0.05) is 24.4 Å². The van der Waals surface area contributed by atoms with Crippen LogP contribution in [-0.4, -0.2) is 16.1 Å². The minimum absolute atomic E-state index is 0.245. The van der Waals surface area contributed by atoms with E-state index in [9.17, 15) is 13.2 Å². The van der Waals surface area contributed by atoms with Crippen molar-refractivity contribution in [2.45, 2.75) is 44.4 Å². The van der Waals surface area contributed by atoms with Crippen molar-refractivity contribution in [1.82, 2.24) is 4.90 Å². The Balaban J connectivity index is 1.79. The highest BCUT2D eigenvalue weighted by molar-refractivity contribution is 7.80. The van der Waals surface area contributed by atoms with Gasteiger partial charge in [-0.2, -0.15) is 13.2 Å². The Morgan fingerprint density at radius 1 is 1.27 bits per heavy atom. The maximum Gasteiger partial charge on any atom is 0.417 e. The lowest BCUT2D eigenvalue weighted by Crippen LogP contribution is -2.40. The van der Waals surface area contributed by atoms with Crippen molar-refractivity contribution < 1.29 is 17.6 Å². The molecule has 1 aromatic heterocycles. The summed E-state index contributed by atoms with van der Waals surface area (Å²) in [5, 5.41) is 2.97. The van der Waals surface area contributed by atoms with E-state index in [4.69, 9.17) is 28.2 Å². The van der Waals surface area contributed by atoms with E-state index in [2.05, 4.69) is 5.32 Å². The number of alkyl halides is 3. The number of hydrogen-bond donors (Lipinski definition) is 1. The summed E-state index contributed by atoms with van der Waals surface area (Å²) >= 11 is 11.2. The molecule has 0 spiro atoms. The van der Waals surface area contributed by atoms with E-state index >= 15 is 0 Å². The van der Waals surface area contributed by atoms with Crippen LogP contribution in [0.1, 0.15) is 37.0 Å². The zero-order chi connectivity index (χ0) is 18.7. The Bertz CT molecular complexity index is 758. The number of furan rings is 1. The van der Waals surface area contributed by atoms with Crippen LogP contribution in [0.3, 0.4) is 0 Å². The highest BCUT2D eigenvalue weighted by Crippen LogP contribution is 2.36. The molecule has 8 heteroatoms. The first-order valence-electron chi connectivity index (χ1n) is 8.31. The predicted octanol–water partition coefficient (Wildman–Crippen LogP) is 6.09. The summed E-state index contributed by atoms with van der Waals surface area (Å²) in [5.74, 6) is 0.758. The molecule has 2 aromatic rings. The van der Waals surface area contributed by atoms with E-state index in [1.807, 2.05) is 11.0 Å². The number of benzene rings is 1. The number of nitrogens with one attached hydrogen (secondary N) is 1. The Kier molecular flexibility index (Phi) is 5.77. The van der Waals surface area contributed by atoms with Gasteiger partial charge in [0.15, 0.2) is 5.11 Å². The van der Waals surface area contributed by atoms with E-state index < -0.39 is 11.7 Å². The molecule has 1 aliphatic carbocycles. The summed E-state index contributed by atoms with van der Waals surface area (Å²) in [6.07, 6.45) is 1.29. The Hall–Kier alpha value is -1.73. The SMILES string of the molecule is FC(F)(F)c1cc(NC(=S)N(Cc2ccco2)C2CCCC2)ccc1Cl. The van der Waals surface area contributed by atoms with Gasteiger partial charge < -0.3 is 14.6 Å². The third-order valence-electron chi connectivity index (χ3n) is 4.46. The second kappa shape index (κ2) is 7.88. The van der Waals surface area contributed by atoms with Gasteiger partial charge in [-0.3, -0.25) is 0 Å². The van der Waals surface area contributed by atoms with Gasteiger partial charge in [0.2, 0.25) is 0 Å². The number of thiocarbonyl (C=S) groups is 1. The lowest BCUT2D eigenvalue weighted by Gasteiger charge is -2.31. The molecule has 1 heterocycles. The summed E-state index contributed by atoms with van der Waals surface area (Å²) < 4.78 is 44.6. The van der Waals surface area contributed by atoms with Gasteiger partial charge in [0.25, 0.3) is 0 Å². The monoisotopic (exact) mass is 402 g/mol. The van der Waals surface area contributed by atoms with E-state index in [0.717, 1.165) is 37.5 Å². The summed E-state index contributed by atoms with van der Waals surface area (Å²) in [5.41, 5.74) is -0.625. The van der Waals surface area contributed by atoms with Crippen LogP contribution in [0.15, 0.2) is 41.0 Å². The average Bonchev–Trinajstić information content (AvgIpc) is 3.26. The van der Waals surface area contributed by atoms with Gasteiger partial charge >= 0.3 is 6.18 Å². The second-order valence-corrected chi connectivity index (χ2v) is 7.06. The molecule has 1 fully saturated rings. The predicted molar refractivity (Wildman–Crippen MR) is 99.2 cm³/mol. The number of halogens is 4. The number of anilines is 1. The van der Waals surface area contributed by atoms with Crippen molar-refractivity contribution in [1.29, 1.82) is 0 Å². The quantitative estimate of drug-likeness (QED) is 0.626. The van der Waals surface area contributed by atoms with Crippen LogP contribution in [0.5, 0.6) is 0 Å². The molecule has 0 bridgehead atoms. The first kappa shape index (κ1) is 19.0. The lowest BCUT2D eigenvalue weighted by molar-refractivity contribution is -0.137. The zero-order valence-electron chi connectivity index (χ0n) is 13.9. The lowest BCUT2D eigenvalue weighted by atomic mass is 10.2. The minimum atomic E-state index is -4.52.